The van der Waals surface area contributed by atoms with Crippen LogP contribution in [-0.4, -0.2) is 39.6 Å². The lowest BCUT2D eigenvalue weighted by atomic mass is 10.1. The second kappa shape index (κ2) is 11.0. The molecule has 2 N–H and O–H groups in total. The van der Waals surface area contributed by atoms with E-state index in [0.29, 0.717) is 11.8 Å². The highest BCUT2D eigenvalue weighted by Gasteiger charge is 2.15. The first-order valence-electron chi connectivity index (χ1n) is 10.0. The molecule has 1 aromatic carbocycles. The van der Waals surface area contributed by atoms with E-state index in [0.717, 1.165) is 44.3 Å². The maximum absolute atomic E-state index is 4.75. The Hall–Kier alpha value is -1.95. The Morgan fingerprint density at radius 2 is 2.19 bits per heavy atom. The summed E-state index contributed by atoms with van der Waals surface area (Å²) in [4.78, 5) is 9.25. The fraction of sp³-hybridized carbons (Fsp3) is 0.524. The van der Waals surface area contributed by atoms with E-state index in [9.17, 15) is 0 Å². The molecule has 6 heteroatoms. The van der Waals surface area contributed by atoms with Crippen molar-refractivity contribution in [2.75, 3.05) is 18.8 Å². The number of thioether (sulfide) groups is 1. The van der Waals surface area contributed by atoms with Crippen molar-refractivity contribution in [3.63, 3.8) is 0 Å². The Labute approximate surface area is 167 Å². The van der Waals surface area contributed by atoms with Crippen molar-refractivity contribution < 1.29 is 0 Å². The van der Waals surface area contributed by atoms with Crippen molar-refractivity contribution in [1.29, 1.82) is 0 Å². The zero-order valence-electron chi connectivity index (χ0n) is 16.2. The minimum absolute atomic E-state index is 0.603. The van der Waals surface area contributed by atoms with Crippen LogP contribution in [0.3, 0.4) is 0 Å². The van der Waals surface area contributed by atoms with Gasteiger partial charge in [0.15, 0.2) is 5.96 Å². The molecule has 146 valence electrons. The van der Waals surface area contributed by atoms with Gasteiger partial charge in [-0.15, -0.1) is 0 Å². The fourth-order valence-electron chi connectivity index (χ4n) is 3.30. The molecule has 1 aliphatic rings. The number of imidazole rings is 1. The number of aromatic nitrogens is 2. The molecular weight excluding hydrogens is 354 g/mol. The van der Waals surface area contributed by atoms with Gasteiger partial charge in [0, 0.05) is 37.3 Å². The largest absolute Gasteiger partial charge is 0.357 e. The predicted octanol–water partition coefficient (Wildman–Crippen LogP) is 3.47. The lowest BCUT2D eigenvalue weighted by molar-refractivity contribution is 0.610. The maximum atomic E-state index is 4.75. The molecule has 1 fully saturated rings. The summed E-state index contributed by atoms with van der Waals surface area (Å²) in [5, 5.41) is 7.55. The van der Waals surface area contributed by atoms with Crippen LogP contribution in [-0.2, 0) is 19.5 Å². The third-order valence-corrected chi connectivity index (χ3v) is 6.15. The predicted molar refractivity (Wildman–Crippen MR) is 115 cm³/mol. The zero-order chi connectivity index (χ0) is 18.7. The van der Waals surface area contributed by atoms with Crippen molar-refractivity contribution in [3.05, 3.63) is 54.1 Å². The zero-order valence-corrected chi connectivity index (χ0v) is 17.0. The van der Waals surface area contributed by atoms with Gasteiger partial charge in [0.25, 0.3) is 0 Å². The minimum atomic E-state index is 0.603. The normalized spacial score (nSPS) is 17.2. The standard InChI is InChI=1S/C21H31N5S/c1-2-22-21(24-16-19-11-7-15-27-19)25-17-20-23-12-14-26(20)13-6-10-18-8-4-3-5-9-18/h3-5,8-9,12,14,19H,2,6-7,10-11,13,15-17H2,1H3,(H2,22,24,25). The summed E-state index contributed by atoms with van der Waals surface area (Å²) >= 11 is 2.07. The first-order chi connectivity index (χ1) is 13.3. The number of guanidine groups is 1. The van der Waals surface area contributed by atoms with Gasteiger partial charge in [0.1, 0.15) is 12.4 Å². The Bertz CT molecular complexity index is 692. The first-order valence-corrected chi connectivity index (χ1v) is 11.1. The molecule has 1 unspecified atom stereocenters. The molecule has 1 aliphatic heterocycles. The van der Waals surface area contributed by atoms with Crippen LogP contribution in [0.2, 0.25) is 0 Å². The number of nitrogens with zero attached hydrogens (tertiary/aromatic N) is 3. The third kappa shape index (κ3) is 6.61. The van der Waals surface area contributed by atoms with Gasteiger partial charge in [0.2, 0.25) is 0 Å². The van der Waals surface area contributed by atoms with Crippen LogP contribution in [0.1, 0.15) is 37.6 Å². The van der Waals surface area contributed by atoms with E-state index in [1.54, 1.807) is 0 Å². The van der Waals surface area contributed by atoms with Crippen LogP contribution in [0.15, 0.2) is 47.7 Å². The van der Waals surface area contributed by atoms with Crippen LogP contribution < -0.4 is 10.6 Å². The molecule has 0 amide bonds. The summed E-state index contributed by atoms with van der Waals surface area (Å²) in [6.07, 6.45) is 8.78. The lowest BCUT2D eigenvalue weighted by Crippen LogP contribution is -2.40. The summed E-state index contributed by atoms with van der Waals surface area (Å²) in [5.41, 5.74) is 1.39. The second-order valence-electron chi connectivity index (χ2n) is 6.84. The van der Waals surface area contributed by atoms with Crippen molar-refractivity contribution in [2.24, 2.45) is 4.99 Å². The van der Waals surface area contributed by atoms with Gasteiger partial charge in [-0.25, -0.2) is 9.98 Å². The molecule has 2 heterocycles. The average Bonchev–Trinajstić information content (AvgIpc) is 3.37. The van der Waals surface area contributed by atoms with Crippen LogP contribution in [0.4, 0.5) is 0 Å². The summed E-state index contributed by atoms with van der Waals surface area (Å²) in [5.74, 6) is 3.21. The summed E-state index contributed by atoms with van der Waals surface area (Å²) in [7, 11) is 0. The van der Waals surface area contributed by atoms with E-state index in [2.05, 4.69) is 75.4 Å². The third-order valence-electron chi connectivity index (χ3n) is 4.75. The lowest BCUT2D eigenvalue weighted by Gasteiger charge is -2.14. The number of hydrogen-bond acceptors (Lipinski definition) is 3. The molecule has 0 radical (unpaired) electrons. The molecule has 2 aromatic rings. The summed E-state index contributed by atoms with van der Waals surface area (Å²) in [6.45, 7) is 5.54. The highest BCUT2D eigenvalue weighted by atomic mass is 32.2. The van der Waals surface area contributed by atoms with Crippen molar-refractivity contribution >= 4 is 17.7 Å². The molecule has 0 spiro atoms. The molecular formula is C21H31N5S. The Kier molecular flexibility index (Phi) is 8.08. The minimum Gasteiger partial charge on any atom is -0.357 e. The van der Waals surface area contributed by atoms with Gasteiger partial charge in [-0.05, 0) is 43.9 Å². The number of aryl methyl sites for hydroxylation is 2. The SMILES string of the molecule is CCNC(=NCc1nccn1CCCc1ccccc1)NCC1CCCS1. The average molecular weight is 386 g/mol. The van der Waals surface area contributed by atoms with Gasteiger partial charge < -0.3 is 15.2 Å². The first kappa shape index (κ1) is 19.8. The Morgan fingerprint density at radius 3 is 2.96 bits per heavy atom. The summed E-state index contributed by atoms with van der Waals surface area (Å²) < 4.78 is 2.23. The van der Waals surface area contributed by atoms with Crippen molar-refractivity contribution in [3.8, 4) is 0 Å². The quantitative estimate of drug-likeness (QED) is 0.513. The van der Waals surface area contributed by atoms with E-state index >= 15 is 0 Å². The number of nitrogens with one attached hydrogen (secondary N) is 2. The van der Waals surface area contributed by atoms with Gasteiger partial charge >= 0.3 is 0 Å². The van der Waals surface area contributed by atoms with Crippen LogP contribution in [0.25, 0.3) is 0 Å². The number of benzene rings is 1. The monoisotopic (exact) mass is 385 g/mol. The van der Waals surface area contributed by atoms with E-state index in [1.165, 1.54) is 24.2 Å². The molecule has 3 rings (SSSR count). The topological polar surface area (TPSA) is 54.2 Å². The van der Waals surface area contributed by atoms with Crippen LogP contribution in [0.5, 0.6) is 0 Å². The molecule has 0 saturated carbocycles. The molecule has 1 saturated heterocycles. The van der Waals surface area contributed by atoms with E-state index in [4.69, 9.17) is 4.99 Å². The smallest absolute Gasteiger partial charge is 0.191 e. The van der Waals surface area contributed by atoms with Crippen LogP contribution >= 0.6 is 11.8 Å². The van der Waals surface area contributed by atoms with Gasteiger partial charge in [-0.3, -0.25) is 0 Å². The van der Waals surface area contributed by atoms with Crippen molar-refractivity contribution in [1.82, 2.24) is 20.2 Å². The van der Waals surface area contributed by atoms with E-state index in [-0.39, 0.29) is 0 Å². The number of rotatable bonds is 9. The van der Waals surface area contributed by atoms with Crippen molar-refractivity contribution in [2.45, 2.75) is 50.9 Å². The second-order valence-corrected chi connectivity index (χ2v) is 8.25. The van der Waals surface area contributed by atoms with E-state index < -0.39 is 0 Å². The van der Waals surface area contributed by atoms with Gasteiger partial charge in [-0.2, -0.15) is 11.8 Å². The van der Waals surface area contributed by atoms with Crippen LogP contribution in [0, 0.1) is 0 Å². The molecule has 27 heavy (non-hydrogen) atoms. The number of hydrogen-bond donors (Lipinski definition) is 2. The highest BCUT2D eigenvalue weighted by Crippen LogP contribution is 2.25. The van der Waals surface area contributed by atoms with E-state index in [1.807, 2.05) is 6.20 Å². The summed E-state index contributed by atoms with van der Waals surface area (Å²) in [6, 6.07) is 10.7. The molecule has 1 aromatic heterocycles. The van der Waals surface area contributed by atoms with Gasteiger partial charge in [-0.1, -0.05) is 30.3 Å². The fourth-order valence-corrected chi connectivity index (χ4v) is 4.50. The molecule has 1 atom stereocenters. The van der Waals surface area contributed by atoms with Gasteiger partial charge in [0.05, 0.1) is 0 Å². The highest BCUT2D eigenvalue weighted by molar-refractivity contribution is 8.00. The molecule has 5 nitrogen and oxygen atoms in total. The molecule has 0 bridgehead atoms. The Morgan fingerprint density at radius 1 is 1.30 bits per heavy atom. The number of aliphatic imine (C=N–C) groups is 1. The molecule has 0 aliphatic carbocycles. The maximum Gasteiger partial charge on any atom is 0.191 e. The Balaban J connectivity index is 1.49.